The minimum Gasteiger partial charge on any atom is -0.381 e. The average molecular weight is 327 g/mol. The van der Waals surface area contributed by atoms with Crippen LogP contribution in [0.3, 0.4) is 0 Å². The zero-order chi connectivity index (χ0) is 15.4. The quantitative estimate of drug-likeness (QED) is 0.859. The highest BCUT2D eigenvalue weighted by atomic mass is 32.2. The molecule has 2 unspecified atom stereocenters. The Morgan fingerprint density at radius 1 is 1.18 bits per heavy atom. The lowest BCUT2D eigenvalue weighted by atomic mass is 9.90. The first kappa shape index (κ1) is 16.6. The summed E-state index contributed by atoms with van der Waals surface area (Å²) in [5.74, 6) is 3.71. The second kappa shape index (κ2) is 8.02. The second-order valence-electron chi connectivity index (χ2n) is 7.07. The smallest absolute Gasteiger partial charge is 0.223 e. The Balaban J connectivity index is 1.41. The number of likely N-dealkylation sites (tertiary alicyclic amines) is 1. The van der Waals surface area contributed by atoms with Crippen molar-refractivity contribution in [2.24, 2.45) is 11.8 Å². The van der Waals surface area contributed by atoms with Gasteiger partial charge in [0.25, 0.3) is 0 Å². The number of ether oxygens (including phenoxy) is 1. The fraction of sp³-hybridized carbons (Fsp3) is 0.941. The number of nitrogens with zero attached hydrogens (tertiary/aromatic N) is 1. The van der Waals surface area contributed by atoms with Crippen LogP contribution < -0.4 is 5.32 Å². The standard InChI is InChI=1S/C17H30N2O2S/c1-13(14-4-9-21-10-5-14)18-17(20)15-2-7-19(8-3-15)16-6-11-22-12-16/h13-16H,2-12H2,1H3,(H,18,20). The van der Waals surface area contributed by atoms with Gasteiger partial charge in [0.15, 0.2) is 0 Å². The van der Waals surface area contributed by atoms with Gasteiger partial charge in [0.05, 0.1) is 0 Å². The van der Waals surface area contributed by atoms with Gasteiger partial charge in [-0.1, -0.05) is 0 Å². The van der Waals surface area contributed by atoms with Crippen LogP contribution in [0.25, 0.3) is 0 Å². The summed E-state index contributed by atoms with van der Waals surface area (Å²) in [5.41, 5.74) is 0. The van der Waals surface area contributed by atoms with E-state index in [1.165, 1.54) is 17.9 Å². The summed E-state index contributed by atoms with van der Waals surface area (Å²) >= 11 is 2.08. The summed E-state index contributed by atoms with van der Waals surface area (Å²) in [4.78, 5) is 15.1. The lowest BCUT2D eigenvalue weighted by Gasteiger charge is -2.36. The van der Waals surface area contributed by atoms with Crippen LogP contribution in [0.4, 0.5) is 0 Å². The van der Waals surface area contributed by atoms with Crippen LogP contribution in [-0.2, 0) is 9.53 Å². The lowest BCUT2D eigenvalue weighted by molar-refractivity contribution is -0.127. The van der Waals surface area contributed by atoms with Crippen molar-refractivity contribution >= 4 is 17.7 Å². The van der Waals surface area contributed by atoms with Crippen LogP contribution in [0.2, 0.25) is 0 Å². The molecule has 0 saturated carbocycles. The van der Waals surface area contributed by atoms with E-state index in [0.717, 1.165) is 58.0 Å². The van der Waals surface area contributed by atoms with Crippen LogP contribution in [0.15, 0.2) is 0 Å². The number of amides is 1. The molecule has 126 valence electrons. The molecule has 3 heterocycles. The van der Waals surface area contributed by atoms with Crippen LogP contribution in [0.5, 0.6) is 0 Å². The molecule has 0 aromatic carbocycles. The maximum Gasteiger partial charge on any atom is 0.223 e. The Hall–Kier alpha value is -0.260. The van der Waals surface area contributed by atoms with E-state index in [1.807, 2.05) is 0 Å². The van der Waals surface area contributed by atoms with E-state index in [1.54, 1.807) is 0 Å². The third-order valence-corrected chi connectivity index (χ3v) is 6.81. The van der Waals surface area contributed by atoms with Crippen molar-refractivity contribution in [1.82, 2.24) is 10.2 Å². The van der Waals surface area contributed by atoms with Crippen molar-refractivity contribution in [3.8, 4) is 0 Å². The molecule has 5 heteroatoms. The predicted octanol–water partition coefficient (Wildman–Crippen LogP) is 2.14. The normalized spacial score (nSPS) is 30.3. The molecule has 3 saturated heterocycles. The molecule has 1 amide bonds. The van der Waals surface area contributed by atoms with Gasteiger partial charge in [-0.2, -0.15) is 11.8 Å². The molecule has 0 bridgehead atoms. The molecule has 0 aromatic rings. The van der Waals surface area contributed by atoms with E-state index in [4.69, 9.17) is 4.74 Å². The van der Waals surface area contributed by atoms with Crippen molar-refractivity contribution in [1.29, 1.82) is 0 Å². The van der Waals surface area contributed by atoms with E-state index < -0.39 is 0 Å². The zero-order valence-electron chi connectivity index (χ0n) is 13.8. The fourth-order valence-corrected chi connectivity index (χ4v) is 5.27. The van der Waals surface area contributed by atoms with Crippen molar-refractivity contribution in [2.75, 3.05) is 37.8 Å². The first-order valence-electron chi connectivity index (χ1n) is 8.94. The molecular formula is C17H30N2O2S. The molecule has 4 nitrogen and oxygen atoms in total. The van der Waals surface area contributed by atoms with Crippen LogP contribution in [0.1, 0.15) is 39.0 Å². The van der Waals surface area contributed by atoms with Gasteiger partial charge in [0.1, 0.15) is 0 Å². The molecule has 22 heavy (non-hydrogen) atoms. The third kappa shape index (κ3) is 4.18. The van der Waals surface area contributed by atoms with Gasteiger partial charge in [0, 0.05) is 37.0 Å². The van der Waals surface area contributed by atoms with Gasteiger partial charge in [0.2, 0.25) is 5.91 Å². The van der Waals surface area contributed by atoms with Crippen LogP contribution in [0, 0.1) is 11.8 Å². The molecule has 3 aliphatic rings. The molecule has 1 N–H and O–H groups in total. The van der Waals surface area contributed by atoms with Gasteiger partial charge in [-0.15, -0.1) is 0 Å². The van der Waals surface area contributed by atoms with Gasteiger partial charge in [-0.05, 0) is 63.8 Å². The first-order valence-corrected chi connectivity index (χ1v) is 10.1. The van der Waals surface area contributed by atoms with Crippen molar-refractivity contribution < 1.29 is 9.53 Å². The van der Waals surface area contributed by atoms with E-state index in [2.05, 4.69) is 28.9 Å². The molecule has 3 fully saturated rings. The number of carbonyl (C=O) groups is 1. The Kier molecular flexibility index (Phi) is 6.05. The van der Waals surface area contributed by atoms with Gasteiger partial charge in [-0.25, -0.2) is 0 Å². The monoisotopic (exact) mass is 326 g/mol. The lowest BCUT2D eigenvalue weighted by Crippen LogP contribution is -2.47. The molecule has 0 spiro atoms. The molecule has 0 aliphatic carbocycles. The maximum atomic E-state index is 12.5. The highest BCUT2D eigenvalue weighted by Gasteiger charge is 2.31. The van der Waals surface area contributed by atoms with Gasteiger partial charge < -0.3 is 10.1 Å². The SMILES string of the molecule is CC(NC(=O)C1CCN(C2CCSC2)CC1)C1CCOCC1. The molecule has 0 aromatic heterocycles. The number of rotatable bonds is 4. The van der Waals surface area contributed by atoms with E-state index >= 15 is 0 Å². The Morgan fingerprint density at radius 2 is 1.91 bits per heavy atom. The number of hydrogen-bond donors (Lipinski definition) is 1. The van der Waals surface area contributed by atoms with Gasteiger partial charge >= 0.3 is 0 Å². The van der Waals surface area contributed by atoms with E-state index in [9.17, 15) is 4.79 Å². The number of nitrogens with one attached hydrogen (secondary N) is 1. The van der Waals surface area contributed by atoms with E-state index in [0.29, 0.717) is 17.9 Å². The Bertz CT molecular complexity index is 360. The molecule has 2 atom stereocenters. The number of carbonyl (C=O) groups excluding carboxylic acids is 1. The summed E-state index contributed by atoms with van der Waals surface area (Å²) in [5, 5.41) is 3.29. The second-order valence-corrected chi connectivity index (χ2v) is 8.22. The molecule has 3 rings (SSSR count). The number of thioether (sulfide) groups is 1. The molecular weight excluding hydrogens is 296 g/mol. The average Bonchev–Trinajstić information content (AvgIpc) is 3.10. The molecule has 3 aliphatic heterocycles. The maximum absolute atomic E-state index is 12.5. The van der Waals surface area contributed by atoms with E-state index in [-0.39, 0.29) is 5.92 Å². The summed E-state index contributed by atoms with van der Waals surface area (Å²) in [6.45, 7) is 6.08. The van der Waals surface area contributed by atoms with Crippen molar-refractivity contribution in [2.45, 2.75) is 51.1 Å². The Labute approximate surface area is 138 Å². The minimum atomic E-state index is 0.229. The summed E-state index contributed by atoms with van der Waals surface area (Å²) in [6, 6.07) is 1.07. The summed E-state index contributed by atoms with van der Waals surface area (Å²) < 4.78 is 5.41. The topological polar surface area (TPSA) is 41.6 Å². The fourth-order valence-electron chi connectivity index (χ4n) is 4.01. The third-order valence-electron chi connectivity index (χ3n) is 5.67. The van der Waals surface area contributed by atoms with Gasteiger partial charge in [-0.3, -0.25) is 9.69 Å². The van der Waals surface area contributed by atoms with Crippen LogP contribution >= 0.6 is 11.8 Å². The summed E-state index contributed by atoms with van der Waals surface area (Å²) in [6.07, 6.45) is 5.57. The minimum absolute atomic E-state index is 0.229. The highest BCUT2D eigenvalue weighted by Crippen LogP contribution is 2.27. The summed E-state index contributed by atoms with van der Waals surface area (Å²) in [7, 11) is 0. The van der Waals surface area contributed by atoms with Crippen molar-refractivity contribution in [3.05, 3.63) is 0 Å². The van der Waals surface area contributed by atoms with Crippen LogP contribution in [-0.4, -0.2) is 60.7 Å². The Morgan fingerprint density at radius 3 is 2.55 bits per heavy atom. The van der Waals surface area contributed by atoms with Crippen molar-refractivity contribution in [3.63, 3.8) is 0 Å². The zero-order valence-corrected chi connectivity index (χ0v) is 14.6. The molecule has 0 radical (unpaired) electrons. The predicted molar refractivity (Wildman–Crippen MR) is 91.2 cm³/mol. The largest absolute Gasteiger partial charge is 0.381 e. The number of piperidine rings is 1. The number of hydrogen-bond acceptors (Lipinski definition) is 4. The highest BCUT2D eigenvalue weighted by molar-refractivity contribution is 7.99. The first-order chi connectivity index (χ1) is 10.7.